The summed E-state index contributed by atoms with van der Waals surface area (Å²) in [6.45, 7) is 0. The molecule has 2 aromatic carbocycles. The van der Waals surface area contributed by atoms with Gasteiger partial charge < -0.3 is 0 Å². The molecule has 0 bridgehead atoms. The van der Waals surface area contributed by atoms with Crippen LogP contribution < -0.4 is 0 Å². The second-order valence-electron chi connectivity index (χ2n) is 4.53. The number of halogens is 1. The zero-order chi connectivity index (χ0) is 14.2. The molecule has 2 heterocycles. The summed E-state index contributed by atoms with van der Waals surface area (Å²) in [4.78, 5) is 4.44. The molecule has 21 heavy (non-hydrogen) atoms. The summed E-state index contributed by atoms with van der Waals surface area (Å²) in [6.07, 6.45) is 1.83. The molecule has 6 nitrogen and oxygen atoms in total. The van der Waals surface area contributed by atoms with E-state index in [1.807, 2.05) is 30.6 Å². The van der Waals surface area contributed by atoms with Crippen LogP contribution in [0.25, 0.3) is 28.1 Å². The lowest BCUT2D eigenvalue weighted by atomic mass is 10.2. The normalized spacial score (nSPS) is 11.1. The maximum atomic E-state index is 4.44. The molecule has 0 saturated heterocycles. The lowest BCUT2D eigenvalue weighted by Gasteiger charge is -2.05. The minimum atomic E-state index is 0.576. The number of H-pyrrole nitrogens is 1. The topological polar surface area (TPSA) is 72.3 Å². The fourth-order valence-corrected chi connectivity index (χ4v) is 2.79. The van der Waals surface area contributed by atoms with Crippen molar-refractivity contribution in [3.63, 3.8) is 0 Å². The predicted octanol–water partition coefficient (Wildman–Crippen LogP) is 2.81. The number of fused-ring (bicyclic) bond motifs is 1. The molecule has 0 spiro atoms. The number of aromatic amines is 1. The van der Waals surface area contributed by atoms with Crippen LogP contribution in [0.15, 0.2) is 48.8 Å². The van der Waals surface area contributed by atoms with Crippen molar-refractivity contribution < 1.29 is 0 Å². The van der Waals surface area contributed by atoms with E-state index in [0.29, 0.717) is 5.82 Å². The average Bonchev–Trinajstić information content (AvgIpc) is 3.16. The van der Waals surface area contributed by atoms with E-state index in [9.17, 15) is 0 Å². The molecule has 0 saturated carbocycles. The average molecular weight is 388 g/mol. The number of benzene rings is 2. The Balaban J connectivity index is 1.92. The molecule has 0 aliphatic rings. The van der Waals surface area contributed by atoms with Crippen molar-refractivity contribution in [2.75, 3.05) is 0 Å². The van der Waals surface area contributed by atoms with Gasteiger partial charge in [0.25, 0.3) is 0 Å². The van der Waals surface area contributed by atoms with Gasteiger partial charge in [-0.1, -0.05) is 6.07 Å². The SMILES string of the molecule is Ic1cccc(-n2cnc3ccc(-c4nn[nH]n4)cc32)c1. The van der Waals surface area contributed by atoms with Gasteiger partial charge in [0.2, 0.25) is 5.82 Å². The van der Waals surface area contributed by atoms with Crippen molar-refractivity contribution in [2.45, 2.75) is 0 Å². The summed E-state index contributed by atoms with van der Waals surface area (Å²) in [5.41, 5.74) is 3.93. The maximum Gasteiger partial charge on any atom is 0.204 e. The van der Waals surface area contributed by atoms with Gasteiger partial charge in [-0.15, -0.1) is 10.2 Å². The molecule has 0 unspecified atom stereocenters. The first-order chi connectivity index (χ1) is 10.3. The highest BCUT2D eigenvalue weighted by atomic mass is 127. The van der Waals surface area contributed by atoms with Gasteiger partial charge in [0.05, 0.1) is 11.0 Å². The molecule has 7 heteroatoms. The summed E-state index contributed by atoms with van der Waals surface area (Å²) in [6, 6.07) is 14.2. The van der Waals surface area contributed by atoms with Crippen LogP contribution in [0.4, 0.5) is 0 Å². The van der Waals surface area contributed by atoms with Gasteiger partial charge in [0.1, 0.15) is 6.33 Å². The van der Waals surface area contributed by atoms with Gasteiger partial charge in [0, 0.05) is 14.8 Å². The minimum Gasteiger partial charge on any atom is -0.299 e. The third kappa shape index (κ3) is 2.19. The van der Waals surface area contributed by atoms with E-state index in [0.717, 1.165) is 22.3 Å². The van der Waals surface area contributed by atoms with Crippen molar-refractivity contribution in [2.24, 2.45) is 0 Å². The number of hydrogen-bond donors (Lipinski definition) is 1. The van der Waals surface area contributed by atoms with Crippen LogP contribution in [-0.4, -0.2) is 30.2 Å². The Labute approximate surface area is 133 Å². The Morgan fingerprint density at radius 1 is 1.10 bits per heavy atom. The van der Waals surface area contributed by atoms with E-state index >= 15 is 0 Å². The van der Waals surface area contributed by atoms with Crippen LogP contribution in [0.1, 0.15) is 0 Å². The molecular weight excluding hydrogens is 379 g/mol. The highest BCUT2D eigenvalue weighted by Gasteiger charge is 2.09. The molecule has 0 fully saturated rings. The fraction of sp³-hybridized carbons (Fsp3) is 0. The molecule has 1 N–H and O–H groups in total. The Kier molecular flexibility index (Phi) is 2.92. The van der Waals surface area contributed by atoms with Crippen LogP contribution in [0, 0.1) is 3.57 Å². The van der Waals surface area contributed by atoms with E-state index in [1.165, 1.54) is 3.57 Å². The van der Waals surface area contributed by atoms with Crippen LogP contribution in [0.5, 0.6) is 0 Å². The summed E-state index contributed by atoms with van der Waals surface area (Å²) in [5.74, 6) is 0.576. The summed E-state index contributed by atoms with van der Waals surface area (Å²) in [7, 11) is 0. The monoisotopic (exact) mass is 388 g/mol. The standard InChI is InChI=1S/C14H9IN6/c15-10-2-1-3-11(7-10)21-8-16-12-5-4-9(6-13(12)21)14-17-19-20-18-14/h1-8H,(H,17,18,19,20). The van der Waals surface area contributed by atoms with Crippen molar-refractivity contribution in [1.82, 2.24) is 30.2 Å². The van der Waals surface area contributed by atoms with E-state index in [-0.39, 0.29) is 0 Å². The van der Waals surface area contributed by atoms with Crippen LogP contribution in [0.2, 0.25) is 0 Å². The second-order valence-corrected chi connectivity index (χ2v) is 5.78. The van der Waals surface area contributed by atoms with Gasteiger partial charge in [-0.3, -0.25) is 4.57 Å². The first-order valence-corrected chi connectivity index (χ1v) is 7.36. The van der Waals surface area contributed by atoms with Crippen LogP contribution in [0.3, 0.4) is 0 Å². The lowest BCUT2D eigenvalue weighted by molar-refractivity contribution is 0.881. The number of nitrogens with one attached hydrogen (secondary N) is 1. The number of hydrogen-bond acceptors (Lipinski definition) is 4. The molecule has 0 amide bonds. The molecule has 0 atom stereocenters. The first kappa shape index (κ1) is 12.5. The number of aromatic nitrogens is 6. The van der Waals surface area contributed by atoms with E-state index < -0.39 is 0 Å². The minimum absolute atomic E-state index is 0.576. The molecule has 4 aromatic rings. The zero-order valence-corrected chi connectivity index (χ0v) is 12.9. The van der Waals surface area contributed by atoms with E-state index in [4.69, 9.17) is 0 Å². The van der Waals surface area contributed by atoms with Gasteiger partial charge in [-0.25, -0.2) is 4.98 Å². The summed E-state index contributed by atoms with van der Waals surface area (Å²) >= 11 is 2.30. The Bertz CT molecular complexity index is 912. The zero-order valence-electron chi connectivity index (χ0n) is 10.7. The predicted molar refractivity (Wildman–Crippen MR) is 87.0 cm³/mol. The quantitative estimate of drug-likeness (QED) is 0.536. The largest absolute Gasteiger partial charge is 0.299 e. The van der Waals surface area contributed by atoms with Crippen LogP contribution >= 0.6 is 22.6 Å². The number of nitrogens with zero attached hydrogens (tertiary/aromatic N) is 5. The number of rotatable bonds is 2. The smallest absolute Gasteiger partial charge is 0.204 e. The molecule has 0 aliphatic carbocycles. The highest BCUT2D eigenvalue weighted by Crippen LogP contribution is 2.24. The van der Waals surface area contributed by atoms with Gasteiger partial charge in [-0.05, 0) is 64.2 Å². The summed E-state index contributed by atoms with van der Waals surface area (Å²) in [5, 5.41) is 14.1. The second kappa shape index (κ2) is 4.92. The highest BCUT2D eigenvalue weighted by molar-refractivity contribution is 14.1. The third-order valence-electron chi connectivity index (χ3n) is 3.24. The molecule has 2 aromatic heterocycles. The molecule has 102 valence electrons. The first-order valence-electron chi connectivity index (χ1n) is 6.28. The van der Waals surface area contributed by atoms with Gasteiger partial charge in [0.15, 0.2) is 0 Å². The van der Waals surface area contributed by atoms with E-state index in [2.05, 4.69) is 71.0 Å². The molecule has 0 radical (unpaired) electrons. The van der Waals surface area contributed by atoms with Gasteiger partial charge >= 0.3 is 0 Å². The van der Waals surface area contributed by atoms with E-state index in [1.54, 1.807) is 0 Å². The fourth-order valence-electron chi connectivity index (χ4n) is 2.26. The Morgan fingerprint density at radius 3 is 2.86 bits per heavy atom. The van der Waals surface area contributed by atoms with Crippen molar-refractivity contribution >= 4 is 33.6 Å². The number of imidazole rings is 1. The van der Waals surface area contributed by atoms with Crippen molar-refractivity contribution in [1.29, 1.82) is 0 Å². The lowest BCUT2D eigenvalue weighted by Crippen LogP contribution is -1.92. The van der Waals surface area contributed by atoms with Crippen molar-refractivity contribution in [3.8, 4) is 17.1 Å². The molecule has 4 rings (SSSR count). The molecular formula is C14H9IN6. The number of tetrazole rings is 1. The Hall–Kier alpha value is -2.29. The summed E-state index contributed by atoms with van der Waals surface area (Å²) < 4.78 is 3.24. The maximum absolute atomic E-state index is 4.44. The van der Waals surface area contributed by atoms with Crippen LogP contribution in [-0.2, 0) is 0 Å². The van der Waals surface area contributed by atoms with Gasteiger partial charge in [-0.2, -0.15) is 5.21 Å². The third-order valence-corrected chi connectivity index (χ3v) is 3.91. The molecule has 0 aliphatic heterocycles. The van der Waals surface area contributed by atoms with Crippen molar-refractivity contribution in [3.05, 3.63) is 52.4 Å². The Morgan fingerprint density at radius 2 is 2.05 bits per heavy atom.